The van der Waals surface area contributed by atoms with Crippen molar-refractivity contribution in [3.05, 3.63) is 24.2 Å². The predicted octanol–water partition coefficient (Wildman–Crippen LogP) is 2.11. The number of aromatic nitrogens is 3. The fourth-order valence-corrected chi connectivity index (χ4v) is 1.84. The van der Waals surface area contributed by atoms with Crippen molar-refractivity contribution in [3.8, 4) is 0 Å². The molecule has 86 valence electrons. The van der Waals surface area contributed by atoms with Crippen LogP contribution in [0.5, 0.6) is 0 Å². The van der Waals surface area contributed by atoms with Crippen LogP contribution in [0.25, 0.3) is 11.2 Å². The summed E-state index contributed by atoms with van der Waals surface area (Å²) in [5.74, 6) is 1.31. The number of hydrogen-bond acceptors (Lipinski definition) is 3. The van der Waals surface area contributed by atoms with Crippen molar-refractivity contribution in [2.75, 3.05) is 0 Å². The first-order valence-corrected chi connectivity index (χ1v) is 5.71. The summed E-state index contributed by atoms with van der Waals surface area (Å²) < 4.78 is 2.10. The number of nitrogens with two attached hydrogens (primary N) is 1. The minimum atomic E-state index is -0.0332. The second kappa shape index (κ2) is 4.22. The summed E-state index contributed by atoms with van der Waals surface area (Å²) in [6.45, 7) is 7.16. The normalized spacial score (nSPS) is 13.6. The average Bonchev–Trinajstić information content (AvgIpc) is 2.65. The molecule has 0 aliphatic carbocycles. The first-order chi connectivity index (χ1) is 7.65. The minimum Gasteiger partial charge on any atom is -0.321 e. The third kappa shape index (κ3) is 1.69. The van der Waals surface area contributed by atoms with Crippen LogP contribution in [0.15, 0.2) is 18.3 Å². The van der Waals surface area contributed by atoms with Crippen molar-refractivity contribution in [1.29, 1.82) is 0 Å². The maximum Gasteiger partial charge on any atom is 0.160 e. The Morgan fingerprint density at radius 2 is 2.19 bits per heavy atom. The van der Waals surface area contributed by atoms with E-state index in [0.717, 1.165) is 23.5 Å². The molecule has 0 unspecified atom stereocenters. The van der Waals surface area contributed by atoms with Gasteiger partial charge in [0.05, 0.1) is 6.04 Å². The highest BCUT2D eigenvalue weighted by atomic mass is 15.1. The van der Waals surface area contributed by atoms with Crippen LogP contribution >= 0.6 is 0 Å². The summed E-state index contributed by atoms with van der Waals surface area (Å²) in [7, 11) is 0. The van der Waals surface area contributed by atoms with E-state index in [1.54, 1.807) is 6.20 Å². The largest absolute Gasteiger partial charge is 0.321 e. The Labute approximate surface area is 95.5 Å². The first kappa shape index (κ1) is 11.1. The van der Waals surface area contributed by atoms with Crippen molar-refractivity contribution in [1.82, 2.24) is 14.5 Å². The van der Waals surface area contributed by atoms with Crippen LogP contribution in [-0.4, -0.2) is 14.5 Å². The molecule has 2 aromatic heterocycles. The van der Waals surface area contributed by atoms with Crippen molar-refractivity contribution in [2.45, 2.75) is 33.4 Å². The molecule has 2 heterocycles. The van der Waals surface area contributed by atoms with Gasteiger partial charge in [0.25, 0.3) is 0 Å². The number of fused-ring (bicyclic) bond motifs is 1. The summed E-state index contributed by atoms with van der Waals surface area (Å²) in [6.07, 6.45) is 1.79. The number of pyridine rings is 1. The lowest BCUT2D eigenvalue weighted by Crippen LogP contribution is -2.21. The summed E-state index contributed by atoms with van der Waals surface area (Å²) in [4.78, 5) is 8.94. The predicted molar refractivity (Wildman–Crippen MR) is 65.0 cm³/mol. The molecule has 1 atom stereocenters. The number of imidazole rings is 1. The zero-order valence-corrected chi connectivity index (χ0v) is 10.0. The van der Waals surface area contributed by atoms with Gasteiger partial charge >= 0.3 is 0 Å². The average molecular weight is 218 g/mol. The second-order valence-electron chi connectivity index (χ2n) is 4.33. The molecule has 2 aromatic rings. The van der Waals surface area contributed by atoms with Crippen LogP contribution < -0.4 is 5.73 Å². The molecule has 0 saturated carbocycles. The molecule has 0 bridgehead atoms. The highest BCUT2D eigenvalue weighted by molar-refractivity contribution is 5.71. The maximum atomic E-state index is 6.17. The van der Waals surface area contributed by atoms with Crippen LogP contribution in [0.1, 0.15) is 32.6 Å². The van der Waals surface area contributed by atoms with Crippen molar-refractivity contribution >= 4 is 11.2 Å². The van der Waals surface area contributed by atoms with Gasteiger partial charge in [-0.15, -0.1) is 0 Å². The number of nitrogens with zero attached hydrogens (tertiary/aromatic N) is 3. The van der Waals surface area contributed by atoms with E-state index in [4.69, 9.17) is 5.73 Å². The Balaban J connectivity index is 2.60. The summed E-state index contributed by atoms with van der Waals surface area (Å²) in [6, 6.07) is 3.85. The van der Waals surface area contributed by atoms with Gasteiger partial charge in [-0.2, -0.15) is 0 Å². The molecule has 0 amide bonds. The van der Waals surface area contributed by atoms with E-state index in [1.165, 1.54) is 0 Å². The summed E-state index contributed by atoms with van der Waals surface area (Å²) >= 11 is 0. The molecular weight excluding hydrogens is 200 g/mol. The molecule has 2 rings (SSSR count). The van der Waals surface area contributed by atoms with Gasteiger partial charge in [0.2, 0.25) is 0 Å². The molecule has 16 heavy (non-hydrogen) atoms. The Hall–Kier alpha value is -1.42. The van der Waals surface area contributed by atoms with Crippen molar-refractivity contribution in [2.24, 2.45) is 11.7 Å². The van der Waals surface area contributed by atoms with Crippen LogP contribution in [0, 0.1) is 5.92 Å². The standard InChI is InChI=1S/C12H18N4/c1-4-16-11-9(6-5-7-14-11)15-12(16)10(13)8(2)3/h5-8,10H,4,13H2,1-3H3/t10-/m1/s1. The van der Waals surface area contributed by atoms with Gasteiger partial charge in [-0.25, -0.2) is 9.97 Å². The Bertz CT molecular complexity index is 487. The topological polar surface area (TPSA) is 56.7 Å². The lowest BCUT2D eigenvalue weighted by Gasteiger charge is -2.16. The SMILES string of the molecule is CCn1c([C@H](N)C(C)C)nc2cccnc21. The lowest BCUT2D eigenvalue weighted by molar-refractivity contribution is 0.472. The minimum absolute atomic E-state index is 0.0332. The number of hydrogen-bond donors (Lipinski definition) is 1. The van der Waals surface area contributed by atoms with E-state index >= 15 is 0 Å². The molecule has 0 aliphatic rings. The van der Waals surface area contributed by atoms with E-state index in [9.17, 15) is 0 Å². The molecule has 4 nitrogen and oxygen atoms in total. The molecule has 0 aliphatic heterocycles. The van der Waals surface area contributed by atoms with Crippen molar-refractivity contribution in [3.63, 3.8) is 0 Å². The third-order valence-electron chi connectivity index (χ3n) is 2.87. The maximum absolute atomic E-state index is 6.17. The van der Waals surface area contributed by atoms with Gasteiger partial charge in [0, 0.05) is 12.7 Å². The van der Waals surface area contributed by atoms with Crippen LogP contribution in [-0.2, 0) is 6.54 Å². The zero-order valence-electron chi connectivity index (χ0n) is 10.0. The van der Waals surface area contributed by atoms with E-state index < -0.39 is 0 Å². The van der Waals surface area contributed by atoms with Gasteiger partial charge in [0.1, 0.15) is 11.3 Å². The lowest BCUT2D eigenvalue weighted by atomic mass is 10.1. The monoisotopic (exact) mass is 218 g/mol. The summed E-state index contributed by atoms with van der Waals surface area (Å²) in [5, 5.41) is 0. The van der Waals surface area contributed by atoms with Crippen molar-refractivity contribution < 1.29 is 0 Å². The smallest absolute Gasteiger partial charge is 0.160 e. The molecule has 0 saturated heterocycles. The third-order valence-corrected chi connectivity index (χ3v) is 2.87. The number of rotatable bonds is 3. The quantitative estimate of drug-likeness (QED) is 0.858. The number of aryl methyl sites for hydroxylation is 1. The van der Waals surface area contributed by atoms with Gasteiger partial charge in [-0.1, -0.05) is 13.8 Å². The zero-order chi connectivity index (χ0) is 11.7. The highest BCUT2D eigenvalue weighted by Gasteiger charge is 2.19. The molecule has 0 fully saturated rings. The molecule has 0 spiro atoms. The van der Waals surface area contributed by atoms with Gasteiger partial charge in [-0.05, 0) is 25.0 Å². The van der Waals surface area contributed by atoms with Gasteiger partial charge < -0.3 is 10.3 Å². The Morgan fingerprint density at radius 3 is 2.81 bits per heavy atom. The molecule has 0 aromatic carbocycles. The Morgan fingerprint density at radius 1 is 1.44 bits per heavy atom. The molecule has 2 N–H and O–H groups in total. The molecule has 4 heteroatoms. The fourth-order valence-electron chi connectivity index (χ4n) is 1.84. The van der Waals surface area contributed by atoms with Crippen LogP contribution in [0.4, 0.5) is 0 Å². The molecule has 0 radical (unpaired) electrons. The van der Waals surface area contributed by atoms with E-state index in [2.05, 4.69) is 35.3 Å². The van der Waals surface area contributed by atoms with Crippen LogP contribution in [0.3, 0.4) is 0 Å². The fraction of sp³-hybridized carbons (Fsp3) is 0.500. The van der Waals surface area contributed by atoms with Gasteiger partial charge in [-0.3, -0.25) is 0 Å². The van der Waals surface area contributed by atoms with Gasteiger partial charge in [0.15, 0.2) is 5.65 Å². The summed E-state index contributed by atoms with van der Waals surface area (Å²) in [5.41, 5.74) is 8.02. The van der Waals surface area contributed by atoms with E-state index in [-0.39, 0.29) is 6.04 Å². The van der Waals surface area contributed by atoms with E-state index in [0.29, 0.717) is 5.92 Å². The van der Waals surface area contributed by atoms with Crippen LogP contribution in [0.2, 0.25) is 0 Å². The van der Waals surface area contributed by atoms with E-state index in [1.807, 2.05) is 12.1 Å². The molecular formula is C12H18N4. The second-order valence-corrected chi connectivity index (χ2v) is 4.33. The Kier molecular flexibility index (Phi) is 2.92. The first-order valence-electron chi connectivity index (χ1n) is 5.71. The highest BCUT2D eigenvalue weighted by Crippen LogP contribution is 2.22.